The lowest BCUT2D eigenvalue weighted by molar-refractivity contribution is -0.117. The minimum absolute atomic E-state index is 0.0382. The molecule has 0 bridgehead atoms. The number of nitrogens with one attached hydrogen (secondary N) is 1. The summed E-state index contributed by atoms with van der Waals surface area (Å²) in [6, 6.07) is 6.47. The van der Waals surface area contributed by atoms with Crippen molar-refractivity contribution in [1.29, 1.82) is 0 Å². The molecule has 0 saturated carbocycles. The number of carbonyl (C=O) groups excluding carboxylic acids is 1. The Labute approximate surface area is 150 Å². The van der Waals surface area contributed by atoms with Gasteiger partial charge in [0.05, 0.1) is 17.9 Å². The van der Waals surface area contributed by atoms with Crippen LogP contribution in [0.25, 0.3) is 11.1 Å². The quantitative estimate of drug-likeness (QED) is 0.762. The molecule has 7 nitrogen and oxygen atoms in total. The lowest BCUT2D eigenvalue weighted by Crippen LogP contribution is -2.20. The van der Waals surface area contributed by atoms with Crippen molar-refractivity contribution >= 4 is 11.7 Å². The first-order valence-corrected chi connectivity index (χ1v) is 8.36. The number of halogens is 1. The van der Waals surface area contributed by atoms with E-state index in [4.69, 9.17) is 0 Å². The molecule has 2 heterocycles. The van der Waals surface area contributed by atoms with Gasteiger partial charge in [0.15, 0.2) is 5.82 Å². The van der Waals surface area contributed by atoms with E-state index in [1.807, 2.05) is 33.8 Å². The molecule has 0 radical (unpaired) electrons. The number of rotatable bonds is 5. The molecule has 1 N–H and O–H groups in total. The molecule has 0 fully saturated rings. The number of benzene rings is 1. The minimum atomic E-state index is -0.306. The standard InChI is InChI=1S/C18H21FN6O/c1-11(2)25-20-9-16(23-25)21-17(26)10-24-13(4)18(12(3)22-24)14-6-5-7-15(19)8-14/h5-9,11H,10H2,1-4H3,(H,21,23,26). The van der Waals surface area contributed by atoms with Crippen LogP contribution in [0.4, 0.5) is 10.2 Å². The molecule has 2 aromatic heterocycles. The van der Waals surface area contributed by atoms with Gasteiger partial charge in [-0.2, -0.15) is 15.0 Å². The normalized spacial score (nSPS) is 11.2. The zero-order chi connectivity index (χ0) is 18.8. The maximum absolute atomic E-state index is 13.5. The number of amides is 1. The van der Waals surface area contributed by atoms with Crippen LogP contribution in [0, 0.1) is 19.7 Å². The number of aromatic nitrogens is 5. The van der Waals surface area contributed by atoms with E-state index in [1.54, 1.807) is 10.7 Å². The van der Waals surface area contributed by atoms with Crippen LogP contribution in [0.1, 0.15) is 31.3 Å². The van der Waals surface area contributed by atoms with Crippen molar-refractivity contribution in [2.24, 2.45) is 0 Å². The van der Waals surface area contributed by atoms with Crippen molar-refractivity contribution in [3.63, 3.8) is 0 Å². The Morgan fingerprint density at radius 3 is 2.69 bits per heavy atom. The molecule has 3 rings (SSSR count). The van der Waals surface area contributed by atoms with Crippen molar-refractivity contribution < 1.29 is 9.18 Å². The Morgan fingerprint density at radius 2 is 2.04 bits per heavy atom. The van der Waals surface area contributed by atoms with Crippen molar-refractivity contribution in [1.82, 2.24) is 24.8 Å². The topological polar surface area (TPSA) is 77.6 Å². The van der Waals surface area contributed by atoms with E-state index < -0.39 is 0 Å². The molecule has 0 atom stereocenters. The Hall–Kier alpha value is -3.03. The average Bonchev–Trinajstić information content (AvgIpc) is 3.13. The van der Waals surface area contributed by atoms with E-state index in [0.29, 0.717) is 5.82 Å². The number of hydrogen-bond acceptors (Lipinski definition) is 4. The van der Waals surface area contributed by atoms with Crippen LogP contribution in [0.15, 0.2) is 30.5 Å². The minimum Gasteiger partial charge on any atom is -0.306 e. The SMILES string of the molecule is Cc1nn(CC(=O)Nc2cnn(C(C)C)n2)c(C)c1-c1cccc(F)c1. The molecule has 8 heteroatoms. The molecule has 0 spiro atoms. The first kappa shape index (κ1) is 17.8. The van der Waals surface area contributed by atoms with E-state index in [1.165, 1.54) is 23.1 Å². The molecule has 0 aliphatic carbocycles. The second-order valence-electron chi connectivity index (χ2n) is 6.41. The van der Waals surface area contributed by atoms with Crippen LogP contribution in [-0.4, -0.2) is 30.7 Å². The second-order valence-corrected chi connectivity index (χ2v) is 6.41. The molecule has 136 valence electrons. The van der Waals surface area contributed by atoms with E-state index in [2.05, 4.69) is 20.6 Å². The molecule has 3 aromatic rings. The van der Waals surface area contributed by atoms with Gasteiger partial charge in [-0.1, -0.05) is 12.1 Å². The third-order valence-corrected chi connectivity index (χ3v) is 4.03. The lowest BCUT2D eigenvalue weighted by Gasteiger charge is -2.06. The van der Waals surface area contributed by atoms with E-state index >= 15 is 0 Å². The Kier molecular flexibility index (Phi) is 4.83. The predicted molar refractivity (Wildman–Crippen MR) is 96.1 cm³/mol. The van der Waals surface area contributed by atoms with Crippen LogP contribution in [-0.2, 0) is 11.3 Å². The molecular formula is C18H21FN6O. The number of anilines is 1. The summed E-state index contributed by atoms with van der Waals surface area (Å²) in [5.74, 6) is -0.159. The zero-order valence-corrected chi connectivity index (χ0v) is 15.2. The molecular weight excluding hydrogens is 335 g/mol. The van der Waals surface area contributed by atoms with Crippen molar-refractivity contribution in [2.45, 2.75) is 40.3 Å². The number of nitrogens with zero attached hydrogens (tertiary/aromatic N) is 5. The second kappa shape index (κ2) is 7.07. The highest BCUT2D eigenvalue weighted by Crippen LogP contribution is 2.27. The summed E-state index contributed by atoms with van der Waals surface area (Å²) >= 11 is 0. The summed E-state index contributed by atoms with van der Waals surface area (Å²) < 4.78 is 15.1. The van der Waals surface area contributed by atoms with Gasteiger partial charge < -0.3 is 5.32 Å². The van der Waals surface area contributed by atoms with Gasteiger partial charge in [-0.15, -0.1) is 5.10 Å². The van der Waals surface area contributed by atoms with Gasteiger partial charge in [-0.3, -0.25) is 9.48 Å². The van der Waals surface area contributed by atoms with Gasteiger partial charge in [0, 0.05) is 11.3 Å². The average molecular weight is 356 g/mol. The molecule has 0 unspecified atom stereocenters. The molecule has 0 aliphatic rings. The highest BCUT2D eigenvalue weighted by atomic mass is 19.1. The largest absolute Gasteiger partial charge is 0.306 e. The number of aryl methyl sites for hydroxylation is 1. The van der Waals surface area contributed by atoms with Gasteiger partial charge in [-0.05, 0) is 45.4 Å². The first-order chi connectivity index (χ1) is 12.3. The molecule has 0 saturated heterocycles. The van der Waals surface area contributed by atoms with Crippen LogP contribution in [0.3, 0.4) is 0 Å². The number of hydrogen-bond donors (Lipinski definition) is 1. The maximum atomic E-state index is 13.5. The Bertz CT molecular complexity index is 943. The lowest BCUT2D eigenvalue weighted by atomic mass is 10.0. The highest BCUT2D eigenvalue weighted by molar-refractivity contribution is 5.89. The summed E-state index contributed by atoms with van der Waals surface area (Å²) in [6.45, 7) is 7.65. The Balaban J connectivity index is 1.77. The summed E-state index contributed by atoms with van der Waals surface area (Å²) in [4.78, 5) is 13.8. The predicted octanol–water partition coefficient (Wildman–Crippen LogP) is 3.12. The summed E-state index contributed by atoms with van der Waals surface area (Å²) in [7, 11) is 0. The third kappa shape index (κ3) is 3.63. The number of carbonyl (C=O) groups is 1. The highest BCUT2D eigenvalue weighted by Gasteiger charge is 2.16. The molecule has 1 amide bonds. The van der Waals surface area contributed by atoms with E-state index in [9.17, 15) is 9.18 Å². The summed E-state index contributed by atoms with van der Waals surface area (Å²) in [5.41, 5.74) is 3.12. The monoisotopic (exact) mass is 356 g/mol. The molecule has 26 heavy (non-hydrogen) atoms. The fourth-order valence-corrected chi connectivity index (χ4v) is 2.81. The van der Waals surface area contributed by atoms with Crippen molar-refractivity contribution in [3.8, 4) is 11.1 Å². The van der Waals surface area contributed by atoms with Crippen LogP contribution < -0.4 is 5.32 Å². The third-order valence-electron chi connectivity index (χ3n) is 4.03. The first-order valence-electron chi connectivity index (χ1n) is 8.36. The van der Waals surface area contributed by atoms with Gasteiger partial charge in [0.1, 0.15) is 12.4 Å². The molecule has 0 aliphatic heterocycles. The van der Waals surface area contributed by atoms with Crippen LogP contribution >= 0.6 is 0 Å². The molecule has 1 aromatic carbocycles. The van der Waals surface area contributed by atoms with Gasteiger partial charge in [0.2, 0.25) is 5.91 Å². The smallest absolute Gasteiger partial charge is 0.247 e. The maximum Gasteiger partial charge on any atom is 0.247 e. The van der Waals surface area contributed by atoms with Gasteiger partial charge >= 0.3 is 0 Å². The van der Waals surface area contributed by atoms with Crippen molar-refractivity contribution in [3.05, 3.63) is 47.7 Å². The summed E-state index contributed by atoms with van der Waals surface area (Å²) in [6.07, 6.45) is 1.51. The fourth-order valence-electron chi connectivity index (χ4n) is 2.81. The van der Waals surface area contributed by atoms with E-state index in [0.717, 1.165) is 22.5 Å². The van der Waals surface area contributed by atoms with Gasteiger partial charge in [-0.25, -0.2) is 4.39 Å². The van der Waals surface area contributed by atoms with E-state index in [-0.39, 0.29) is 24.3 Å². The Morgan fingerprint density at radius 1 is 1.27 bits per heavy atom. The fraction of sp³-hybridized carbons (Fsp3) is 0.333. The van der Waals surface area contributed by atoms with Crippen LogP contribution in [0.5, 0.6) is 0 Å². The van der Waals surface area contributed by atoms with Gasteiger partial charge in [0.25, 0.3) is 0 Å². The zero-order valence-electron chi connectivity index (χ0n) is 15.2. The van der Waals surface area contributed by atoms with Crippen LogP contribution in [0.2, 0.25) is 0 Å². The summed E-state index contributed by atoms with van der Waals surface area (Å²) in [5, 5.41) is 15.4. The van der Waals surface area contributed by atoms with Crippen molar-refractivity contribution in [2.75, 3.05) is 5.32 Å².